The first-order valence-electron chi connectivity index (χ1n) is 7.17. The highest BCUT2D eigenvalue weighted by Crippen LogP contribution is 2.22. The quantitative estimate of drug-likeness (QED) is 0.607. The van der Waals surface area contributed by atoms with Crippen molar-refractivity contribution < 1.29 is 13.7 Å². The Bertz CT molecular complexity index is 1000. The van der Waals surface area contributed by atoms with Gasteiger partial charge in [0.2, 0.25) is 0 Å². The van der Waals surface area contributed by atoms with E-state index >= 15 is 0 Å². The molecular formula is C15H12N6O3. The lowest BCUT2D eigenvalue weighted by atomic mass is 10.2. The molecule has 4 heterocycles. The minimum Gasteiger partial charge on any atom is -0.459 e. The Balaban J connectivity index is 1.62. The molecular weight excluding hydrogens is 312 g/mol. The van der Waals surface area contributed by atoms with Gasteiger partial charge in [-0.05, 0) is 31.2 Å². The van der Waals surface area contributed by atoms with Gasteiger partial charge in [-0.3, -0.25) is 9.20 Å². The van der Waals surface area contributed by atoms with E-state index < -0.39 is 0 Å². The summed E-state index contributed by atoms with van der Waals surface area (Å²) in [6.07, 6.45) is 3.25. The Labute approximate surface area is 135 Å². The lowest BCUT2D eigenvalue weighted by Crippen LogP contribution is -2.23. The second-order valence-electron chi connectivity index (χ2n) is 5.04. The third-order valence-corrected chi connectivity index (χ3v) is 3.42. The van der Waals surface area contributed by atoms with Crippen molar-refractivity contribution >= 4 is 11.6 Å². The number of nitrogens with zero attached hydrogens (tertiary/aromatic N) is 5. The minimum atomic E-state index is -0.319. The Hall–Kier alpha value is -3.49. The van der Waals surface area contributed by atoms with Gasteiger partial charge in [-0.1, -0.05) is 5.16 Å². The summed E-state index contributed by atoms with van der Waals surface area (Å²) in [6, 6.07) is 6.89. The van der Waals surface area contributed by atoms with E-state index in [1.54, 1.807) is 29.7 Å². The predicted octanol–water partition coefficient (Wildman–Crippen LogP) is 1.61. The first-order chi connectivity index (χ1) is 11.7. The molecule has 4 rings (SSSR count). The number of fused-ring (bicyclic) bond motifs is 1. The maximum Gasteiger partial charge on any atom is 0.287 e. The Morgan fingerprint density at radius 3 is 2.96 bits per heavy atom. The number of amides is 1. The van der Waals surface area contributed by atoms with Gasteiger partial charge < -0.3 is 14.3 Å². The third-order valence-electron chi connectivity index (χ3n) is 3.42. The molecule has 0 spiro atoms. The predicted molar refractivity (Wildman–Crippen MR) is 80.9 cm³/mol. The van der Waals surface area contributed by atoms with Gasteiger partial charge in [0.05, 0.1) is 18.4 Å². The van der Waals surface area contributed by atoms with Gasteiger partial charge in [0.25, 0.3) is 11.8 Å². The number of carbonyl (C=O) groups is 1. The number of aryl methyl sites for hydroxylation is 1. The zero-order chi connectivity index (χ0) is 16.5. The van der Waals surface area contributed by atoms with Crippen molar-refractivity contribution in [2.75, 3.05) is 0 Å². The molecule has 0 saturated heterocycles. The van der Waals surface area contributed by atoms with Gasteiger partial charge in [0.1, 0.15) is 0 Å². The van der Waals surface area contributed by atoms with E-state index in [0.29, 0.717) is 28.8 Å². The minimum absolute atomic E-state index is 0.201. The van der Waals surface area contributed by atoms with E-state index in [2.05, 4.69) is 25.7 Å². The van der Waals surface area contributed by atoms with Crippen molar-refractivity contribution in [2.24, 2.45) is 0 Å². The average molecular weight is 324 g/mol. The van der Waals surface area contributed by atoms with E-state index in [9.17, 15) is 4.79 Å². The fraction of sp³-hybridized carbons (Fsp3) is 0.133. The van der Waals surface area contributed by atoms with E-state index in [0.717, 1.165) is 0 Å². The summed E-state index contributed by atoms with van der Waals surface area (Å²) in [5.74, 6) is 1.41. The maximum atomic E-state index is 11.9. The first kappa shape index (κ1) is 14.1. The fourth-order valence-electron chi connectivity index (χ4n) is 2.31. The molecule has 0 saturated carbocycles. The molecule has 0 radical (unpaired) electrons. The molecule has 0 aromatic carbocycles. The molecule has 120 valence electrons. The molecule has 4 aromatic rings. The Morgan fingerprint density at radius 1 is 1.29 bits per heavy atom. The molecule has 4 aromatic heterocycles. The van der Waals surface area contributed by atoms with Gasteiger partial charge in [-0.15, -0.1) is 10.2 Å². The van der Waals surface area contributed by atoms with Crippen molar-refractivity contribution in [1.82, 2.24) is 30.1 Å². The zero-order valence-corrected chi connectivity index (χ0v) is 12.6. The first-order valence-corrected chi connectivity index (χ1v) is 7.17. The van der Waals surface area contributed by atoms with Crippen LogP contribution in [0.15, 0.2) is 45.7 Å². The molecule has 0 bridgehead atoms. The summed E-state index contributed by atoms with van der Waals surface area (Å²) in [5, 5.41) is 14.8. The number of carbonyl (C=O) groups excluding carboxylic acids is 1. The smallest absolute Gasteiger partial charge is 0.287 e. The van der Waals surface area contributed by atoms with Crippen molar-refractivity contribution in [1.29, 1.82) is 0 Å². The van der Waals surface area contributed by atoms with E-state index in [-0.39, 0.29) is 18.2 Å². The number of furan rings is 1. The van der Waals surface area contributed by atoms with Crippen LogP contribution in [0.5, 0.6) is 0 Å². The van der Waals surface area contributed by atoms with Crippen LogP contribution in [0.3, 0.4) is 0 Å². The van der Waals surface area contributed by atoms with Crippen LogP contribution >= 0.6 is 0 Å². The van der Waals surface area contributed by atoms with Crippen LogP contribution in [-0.4, -0.2) is 30.6 Å². The third kappa shape index (κ3) is 2.41. The zero-order valence-electron chi connectivity index (χ0n) is 12.6. The molecule has 0 aliphatic carbocycles. The van der Waals surface area contributed by atoms with Gasteiger partial charge in [-0.2, -0.15) is 4.98 Å². The highest BCUT2D eigenvalue weighted by atomic mass is 16.5. The summed E-state index contributed by atoms with van der Waals surface area (Å²) in [5.41, 5.74) is 1.25. The standard InChI is InChI=1S/C15H12N6O3/c1-9-17-15(24-20-9)10-4-2-6-21-12(18-19-13(10)21)8-16-14(22)11-5-3-7-23-11/h2-7H,8H2,1H3,(H,16,22). The summed E-state index contributed by atoms with van der Waals surface area (Å²) in [4.78, 5) is 16.1. The topological polar surface area (TPSA) is 111 Å². The van der Waals surface area contributed by atoms with Gasteiger partial charge in [0.15, 0.2) is 23.1 Å². The van der Waals surface area contributed by atoms with Gasteiger partial charge in [0, 0.05) is 6.20 Å². The molecule has 9 nitrogen and oxygen atoms in total. The van der Waals surface area contributed by atoms with E-state index in [4.69, 9.17) is 8.94 Å². The van der Waals surface area contributed by atoms with E-state index in [1.807, 2.05) is 12.1 Å². The lowest BCUT2D eigenvalue weighted by molar-refractivity contribution is 0.0922. The molecule has 0 aliphatic rings. The normalized spacial score (nSPS) is 11.0. The lowest BCUT2D eigenvalue weighted by Gasteiger charge is -2.03. The fourth-order valence-corrected chi connectivity index (χ4v) is 2.31. The van der Waals surface area contributed by atoms with Crippen molar-refractivity contribution in [3.8, 4) is 11.5 Å². The SMILES string of the molecule is Cc1noc(-c2cccn3c(CNC(=O)c4ccco4)nnc23)n1. The number of nitrogens with one attached hydrogen (secondary N) is 1. The average Bonchev–Trinajstić information content (AvgIpc) is 3.33. The molecule has 0 fully saturated rings. The number of hydrogen-bond acceptors (Lipinski definition) is 7. The van der Waals surface area contributed by atoms with Crippen molar-refractivity contribution in [3.05, 3.63) is 54.1 Å². The van der Waals surface area contributed by atoms with E-state index in [1.165, 1.54) is 6.26 Å². The van der Waals surface area contributed by atoms with Crippen LogP contribution in [0, 0.1) is 6.92 Å². The van der Waals surface area contributed by atoms with Crippen LogP contribution in [0.4, 0.5) is 0 Å². The summed E-state index contributed by atoms with van der Waals surface area (Å²) >= 11 is 0. The molecule has 9 heteroatoms. The largest absolute Gasteiger partial charge is 0.459 e. The molecule has 24 heavy (non-hydrogen) atoms. The molecule has 1 amide bonds. The van der Waals surface area contributed by atoms with Crippen LogP contribution < -0.4 is 5.32 Å². The summed E-state index contributed by atoms with van der Waals surface area (Å²) < 4.78 is 12.0. The highest BCUT2D eigenvalue weighted by molar-refractivity contribution is 5.91. The molecule has 1 N–H and O–H groups in total. The van der Waals surface area contributed by atoms with Crippen LogP contribution in [-0.2, 0) is 6.54 Å². The second kappa shape index (κ2) is 5.61. The number of aromatic nitrogens is 5. The van der Waals surface area contributed by atoms with Crippen molar-refractivity contribution in [2.45, 2.75) is 13.5 Å². The Kier molecular flexibility index (Phi) is 3.30. The molecule has 0 atom stereocenters. The number of pyridine rings is 1. The molecule has 0 aliphatic heterocycles. The highest BCUT2D eigenvalue weighted by Gasteiger charge is 2.16. The maximum absolute atomic E-state index is 11.9. The van der Waals surface area contributed by atoms with Gasteiger partial charge in [-0.25, -0.2) is 0 Å². The molecule has 0 unspecified atom stereocenters. The summed E-state index contributed by atoms with van der Waals surface area (Å²) in [7, 11) is 0. The number of rotatable bonds is 4. The number of hydrogen-bond donors (Lipinski definition) is 1. The summed E-state index contributed by atoms with van der Waals surface area (Å²) in [6.45, 7) is 1.94. The van der Waals surface area contributed by atoms with Crippen LogP contribution in [0.1, 0.15) is 22.2 Å². The Morgan fingerprint density at radius 2 is 2.21 bits per heavy atom. The van der Waals surface area contributed by atoms with Crippen LogP contribution in [0.2, 0.25) is 0 Å². The second-order valence-corrected chi connectivity index (χ2v) is 5.04. The van der Waals surface area contributed by atoms with Gasteiger partial charge >= 0.3 is 0 Å². The van der Waals surface area contributed by atoms with Crippen molar-refractivity contribution in [3.63, 3.8) is 0 Å². The van der Waals surface area contributed by atoms with Crippen LogP contribution in [0.25, 0.3) is 17.1 Å². The monoisotopic (exact) mass is 324 g/mol.